The van der Waals surface area contributed by atoms with Crippen LogP contribution in [-0.4, -0.2) is 27.2 Å². The van der Waals surface area contributed by atoms with Gasteiger partial charge in [-0.2, -0.15) is 0 Å². The van der Waals surface area contributed by atoms with Crippen molar-refractivity contribution in [3.8, 4) is 5.75 Å². The molecule has 0 aliphatic carbocycles. The second kappa shape index (κ2) is 9.32. The Morgan fingerprint density at radius 1 is 1.09 bits per heavy atom. The zero-order valence-electron chi connectivity index (χ0n) is 13.6. The van der Waals surface area contributed by atoms with Crippen molar-refractivity contribution in [2.45, 2.75) is 6.54 Å². The molecule has 0 unspecified atom stereocenters. The molecule has 0 radical (unpaired) electrons. The van der Waals surface area contributed by atoms with Gasteiger partial charge in [0.05, 0.1) is 19.9 Å². The number of carbonyl (C=O) groups excluding carboxylic acids is 1. The van der Waals surface area contributed by atoms with Gasteiger partial charge in [0.2, 0.25) is 0 Å². The number of nitrogens with one attached hydrogen (secondary N) is 1. The smallest absolute Gasteiger partial charge is 0.342 e. The van der Waals surface area contributed by atoms with Crippen LogP contribution in [0.3, 0.4) is 0 Å². The molecule has 0 aromatic heterocycles. The normalized spacial score (nSPS) is 9.39. The highest BCUT2D eigenvalue weighted by Gasteiger charge is 2.15. The number of hydrogen-bond acceptors (Lipinski definition) is 6. The van der Waals surface area contributed by atoms with Crippen LogP contribution in [0.15, 0.2) is 42.5 Å². The molecule has 0 bridgehead atoms. The Bertz CT molecular complexity index is 627. The summed E-state index contributed by atoms with van der Waals surface area (Å²) in [5, 5.41) is 3.20. The Morgan fingerprint density at radius 3 is 2.30 bits per heavy atom. The van der Waals surface area contributed by atoms with Gasteiger partial charge in [0.25, 0.3) is 0 Å². The summed E-state index contributed by atoms with van der Waals surface area (Å²) in [6.07, 6.45) is 0. The number of methoxy groups -OCH3 is 2. The SMILES string of the molecule is CN.COC(=O)c1c(N)cccc1NCc1ccc(OC)cc1. The number of benzene rings is 2. The van der Waals surface area contributed by atoms with E-state index in [9.17, 15) is 4.79 Å². The molecule has 5 N–H and O–H groups in total. The van der Waals surface area contributed by atoms with Crippen LogP contribution in [0.2, 0.25) is 0 Å². The minimum atomic E-state index is -0.453. The summed E-state index contributed by atoms with van der Waals surface area (Å²) in [7, 11) is 4.46. The number of nitrogen functional groups attached to an aromatic ring is 1. The van der Waals surface area contributed by atoms with Crippen molar-refractivity contribution in [1.82, 2.24) is 0 Å². The summed E-state index contributed by atoms with van der Waals surface area (Å²) in [5.41, 5.74) is 12.8. The second-order valence-electron chi connectivity index (χ2n) is 4.46. The summed E-state index contributed by atoms with van der Waals surface area (Å²) in [5.74, 6) is 0.350. The lowest BCUT2D eigenvalue weighted by Crippen LogP contribution is -2.11. The number of rotatable bonds is 5. The van der Waals surface area contributed by atoms with Gasteiger partial charge in [0.15, 0.2) is 0 Å². The predicted octanol–water partition coefficient (Wildman–Crippen LogP) is 2.25. The molecule has 0 aliphatic heterocycles. The van der Waals surface area contributed by atoms with E-state index in [0.717, 1.165) is 11.3 Å². The van der Waals surface area contributed by atoms with Gasteiger partial charge in [-0.05, 0) is 36.9 Å². The van der Waals surface area contributed by atoms with Crippen molar-refractivity contribution in [2.24, 2.45) is 5.73 Å². The first kappa shape index (κ1) is 18.3. The molecule has 2 aromatic carbocycles. The Morgan fingerprint density at radius 2 is 1.74 bits per heavy atom. The maximum atomic E-state index is 11.8. The van der Waals surface area contributed by atoms with Crippen LogP contribution in [0.4, 0.5) is 11.4 Å². The van der Waals surface area contributed by atoms with Gasteiger partial charge in [-0.25, -0.2) is 4.79 Å². The van der Waals surface area contributed by atoms with E-state index < -0.39 is 5.97 Å². The zero-order chi connectivity index (χ0) is 17.2. The molecule has 124 valence electrons. The van der Waals surface area contributed by atoms with Crippen LogP contribution in [0.1, 0.15) is 15.9 Å². The number of hydrogen-bond donors (Lipinski definition) is 3. The van der Waals surface area contributed by atoms with Gasteiger partial charge in [-0.15, -0.1) is 0 Å². The lowest BCUT2D eigenvalue weighted by Gasteiger charge is -2.13. The zero-order valence-corrected chi connectivity index (χ0v) is 13.6. The second-order valence-corrected chi connectivity index (χ2v) is 4.46. The summed E-state index contributed by atoms with van der Waals surface area (Å²) in [6.45, 7) is 0.567. The lowest BCUT2D eigenvalue weighted by atomic mass is 10.1. The van der Waals surface area contributed by atoms with Gasteiger partial charge in [0, 0.05) is 12.2 Å². The fraction of sp³-hybridized carbons (Fsp3) is 0.235. The van der Waals surface area contributed by atoms with E-state index in [1.54, 1.807) is 25.3 Å². The third kappa shape index (κ3) is 4.89. The Kier molecular flexibility index (Phi) is 7.42. The molecule has 23 heavy (non-hydrogen) atoms. The van der Waals surface area contributed by atoms with Crippen LogP contribution in [0, 0.1) is 0 Å². The van der Waals surface area contributed by atoms with Gasteiger partial charge in [0.1, 0.15) is 11.3 Å². The van der Waals surface area contributed by atoms with Crippen molar-refractivity contribution >= 4 is 17.3 Å². The first-order chi connectivity index (χ1) is 11.2. The number of esters is 1. The largest absolute Gasteiger partial charge is 0.497 e. The topological polar surface area (TPSA) is 99.6 Å². The summed E-state index contributed by atoms with van der Waals surface area (Å²) in [4.78, 5) is 11.8. The van der Waals surface area contributed by atoms with E-state index >= 15 is 0 Å². The van der Waals surface area contributed by atoms with E-state index in [1.165, 1.54) is 14.2 Å². The minimum Gasteiger partial charge on any atom is -0.497 e. The fourth-order valence-electron chi connectivity index (χ4n) is 1.99. The molecule has 0 heterocycles. The standard InChI is InChI=1S/C16H18N2O3.CH5N/c1-20-12-8-6-11(7-9-12)10-18-14-5-3-4-13(17)15(14)16(19)21-2;1-2/h3-9,18H,10,17H2,1-2H3;2H2,1H3. The summed E-state index contributed by atoms with van der Waals surface area (Å²) < 4.78 is 9.88. The van der Waals surface area contributed by atoms with Crippen LogP contribution in [0.5, 0.6) is 5.75 Å². The molecular formula is C17H23N3O3. The molecule has 0 aliphatic rings. The van der Waals surface area contributed by atoms with Crippen LogP contribution >= 0.6 is 0 Å². The number of ether oxygens (including phenoxy) is 2. The average molecular weight is 317 g/mol. The molecule has 0 fully saturated rings. The molecule has 0 saturated heterocycles. The highest BCUT2D eigenvalue weighted by molar-refractivity contribution is 6.01. The molecule has 2 aromatic rings. The number of anilines is 2. The first-order valence-electron chi connectivity index (χ1n) is 7.07. The van der Waals surface area contributed by atoms with E-state index in [1.807, 2.05) is 24.3 Å². The third-order valence-electron chi connectivity index (χ3n) is 3.13. The van der Waals surface area contributed by atoms with E-state index in [4.69, 9.17) is 15.2 Å². The summed E-state index contributed by atoms with van der Waals surface area (Å²) in [6, 6.07) is 12.9. The molecular weight excluding hydrogens is 294 g/mol. The monoisotopic (exact) mass is 317 g/mol. The highest BCUT2D eigenvalue weighted by atomic mass is 16.5. The van der Waals surface area contributed by atoms with Crippen molar-refractivity contribution in [1.29, 1.82) is 0 Å². The van der Waals surface area contributed by atoms with Crippen molar-refractivity contribution < 1.29 is 14.3 Å². The lowest BCUT2D eigenvalue weighted by molar-refractivity contribution is 0.0603. The fourth-order valence-corrected chi connectivity index (χ4v) is 1.99. The number of carbonyl (C=O) groups is 1. The molecule has 0 amide bonds. The Labute approximate surface area is 136 Å². The maximum absolute atomic E-state index is 11.8. The minimum absolute atomic E-state index is 0.355. The molecule has 6 heteroatoms. The quantitative estimate of drug-likeness (QED) is 0.578. The first-order valence-corrected chi connectivity index (χ1v) is 7.07. The molecule has 6 nitrogen and oxygen atoms in total. The van der Waals surface area contributed by atoms with Gasteiger partial charge < -0.3 is 26.3 Å². The highest BCUT2D eigenvalue weighted by Crippen LogP contribution is 2.23. The molecule has 0 atom stereocenters. The van der Waals surface area contributed by atoms with Gasteiger partial charge in [-0.1, -0.05) is 18.2 Å². The maximum Gasteiger partial charge on any atom is 0.342 e. The van der Waals surface area contributed by atoms with E-state index in [0.29, 0.717) is 23.5 Å². The van der Waals surface area contributed by atoms with Gasteiger partial charge in [-0.3, -0.25) is 0 Å². The Hall–Kier alpha value is -2.73. The van der Waals surface area contributed by atoms with Crippen molar-refractivity contribution in [2.75, 3.05) is 32.3 Å². The van der Waals surface area contributed by atoms with Crippen LogP contribution < -0.4 is 21.5 Å². The molecule has 2 rings (SSSR count). The predicted molar refractivity (Wildman–Crippen MR) is 92.6 cm³/mol. The molecule has 0 saturated carbocycles. The Balaban J connectivity index is 0.00000127. The van der Waals surface area contributed by atoms with Crippen molar-refractivity contribution in [3.63, 3.8) is 0 Å². The van der Waals surface area contributed by atoms with E-state index in [-0.39, 0.29) is 0 Å². The summed E-state index contributed by atoms with van der Waals surface area (Å²) >= 11 is 0. The molecule has 0 spiro atoms. The van der Waals surface area contributed by atoms with Crippen LogP contribution in [-0.2, 0) is 11.3 Å². The number of nitrogens with two attached hydrogens (primary N) is 2. The van der Waals surface area contributed by atoms with Crippen molar-refractivity contribution in [3.05, 3.63) is 53.6 Å². The van der Waals surface area contributed by atoms with E-state index in [2.05, 4.69) is 11.1 Å². The third-order valence-corrected chi connectivity index (χ3v) is 3.13. The average Bonchev–Trinajstić information content (AvgIpc) is 2.61. The van der Waals surface area contributed by atoms with Gasteiger partial charge >= 0.3 is 5.97 Å². The van der Waals surface area contributed by atoms with Crippen LogP contribution in [0.25, 0.3) is 0 Å².